The second-order valence-electron chi connectivity index (χ2n) is 10.3. The number of carbonyl (C=O) groups is 1. The number of benzene rings is 2. The van der Waals surface area contributed by atoms with Crippen molar-refractivity contribution in [2.75, 3.05) is 13.1 Å². The second-order valence-corrected chi connectivity index (χ2v) is 10.7. The summed E-state index contributed by atoms with van der Waals surface area (Å²) in [6, 6.07) is 11.6. The molecule has 6 heteroatoms. The molecule has 1 spiro atoms. The number of nitrogens with zero attached hydrogens (tertiary/aromatic N) is 2. The third kappa shape index (κ3) is 4.29. The molecule has 5 nitrogen and oxygen atoms in total. The lowest BCUT2D eigenvalue weighted by Crippen LogP contribution is -2.44. The Hall–Kier alpha value is -2.37. The molecular weight excluding hydrogens is 436 g/mol. The van der Waals surface area contributed by atoms with Gasteiger partial charge in [-0.2, -0.15) is 0 Å². The maximum absolute atomic E-state index is 11.1. The molecule has 3 fully saturated rings. The van der Waals surface area contributed by atoms with Gasteiger partial charge in [0, 0.05) is 43.9 Å². The van der Waals surface area contributed by atoms with Crippen LogP contribution in [0.4, 0.5) is 0 Å². The number of oxime groups is 1. The molecule has 6 rings (SSSR count). The van der Waals surface area contributed by atoms with Gasteiger partial charge < -0.3 is 9.94 Å². The van der Waals surface area contributed by atoms with Crippen LogP contribution in [-0.2, 0) is 11.4 Å². The molecule has 33 heavy (non-hydrogen) atoms. The minimum atomic E-state index is -0.913. The molecule has 172 valence electrons. The number of carboxylic acid groups (broad SMARTS) is 1. The number of aromatic carboxylic acids is 1. The lowest BCUT2D eigenvalue weighted by atomic mass is 9.85. The van der Waals surface area contributed by atoms with E-state index in [2.05, 4.69) is 22.2 Å². The highest BCUT2D eigenvalue weighted by atomic mass is 35.5. The highest BCUT2D eigenvalue weighted by Crippen LogP contribution is 2.50. The number of rotatable bonds is 6. The standard InChI is InChI=1S/C27H29ClN2O3/c28-25-22(18-1-2-18)13-17(14-23(25)19-3-4-19)16-30-11-9-27(10-12-30)15-24(29-33-27)20-5-7-21(8-6-20)26(31)32/h5-8,13-14,18-19H,1-4,9-12,15-16H2,(H,31,32). The van der Waals surface area contributed by atoms with E-state index < -0.39 is 5.97 Å². The molecule has 0 radical (unpaired) electrons. The van der Waals surface area contributed by atoms with Gasteiger partial charge in [-0.05, 0) is 71.9 Å². The molecule has 0 amide bonds. The Morgan fingerprint density at radius 1 is 1.06 bits per heavy atom. The molecule has 1 N–H and O–H groups in total. The number of piperidine rings is 1. The summed E-state index contributed by atoms with van der Waals surface area (Å²) in [6.07, 6.45) is 7.79. The molecule has 4 aliphatic rings. The normalized spacial score (nSPS) is 22.3. The van der Waals surface area contributed by atoms with Gasteiger partial charge in [-0.1, -0.05) is 41.0 Å². The average Bonchev–Trinajstić information content (AvgIpc) is 3.75. The molecule has 2 aromatic carbocycles. The van der Waals surface area contributed by atoms with E-state index in [0.717, 1.165) is 55.2 Å². The van der Waals surface area contributed by atoms with Gasteiger partial charge in [0.15, 0.2) is 0 Å². The zero-order valence-electron chi connectivity index (χ0n) is 18.7. The van der Waals surface area contributed by atoms with E-state index in [-0.39, 0.29) is 11.2 Å². The molecule has 2 heterocycles. The van der Waals surface area contributed by atoms with E-state index in [0.29, 0.717) is 11.8 Å². The summed E-state index contributed by atoms with van der Waals surface area (Å²) >= 11 is 6.79. The molecular formula is C27H29ClN2O3. The maximum atomic E-state index is 11.1. The van der Waals surface area contributed by atoms with Gasteiger partial charge in [0.2, 0.25) is 0 Å². The van der Waals surface area contributed by atoms with Crippen LogP contribution in [-0.4, -0.2) is 40.4 Å². The predicted octanol–water partition coefficient (Wildman–Crippen LogP) is 5.95. The molecule has 0 unspecified atom stereocenters. The monoisotopic (exact) mass is 464 g/mol. The quantitative estimate of drug-likeness (QED) is 0.573. The highest BCUT2D eigenvalue weighted by Gasteiger charge is 2.42. The smallest absolute Gasteiger partial charge is 0.335 e. The van der Waals surface area contributed by atoms with Gasteiger partial charge in [0.25, 0.3) is 0 Å². The Morgan fingerprint density at radius 2 is 1.67 bits per heavy atom. The van der Waals surface area contributed by atoms with Crippen molar-refractivity contribution in [3.8, 4) is 0 Å². The zero-order valence-corrected chi connectivity index (χ0v) is 19.5. The van der Waals surface area contributed by atoms with Crippen molar-refractivity contribution < 1.29 is 14.7 Å². The molecule has 0 bridgehead atoms. The first kappa shape index (κ1) is 21.2. The van der Waals surface area contributed by atoms with Crippen LogP contribution in [0.2, 0.25) is 5.02 Å². The van der Waals surface area contributed by atoms with E-state index in [1.54, 1.807) is 12.1 Å². The lowest BCUT2D eigenvalue weighted by Gasteiger charge is -2.37. The first-order chi connectivity index (χ1) is 16.0. The zero-order chi connectivity index (χ0) is 22.6. The fraction of sp³-hybridized carbons (Fsp3) is 0.481. The largest absolute Gasteiger partial charge is 0.478 e. The number of hydrogen-bond acceptors (Lipinski definition) is 4. The number of carboxylic acids is 1. The minimum Gasteiger partial charge on any atom is -0.478 e. The first-order valence-electron chi connectivity index (χ1n) is 12.1. The lowest BCUT2D eigenvalue weighted by molar-refractivity contribution is -0.0627. The molecule has 0 atom stereocenters. The Bertz CT molecular complexity index is 1080. The Balaban J connectivity index is 1.10. The van der Waals surface area contributed by atoms with Gasteiger partial charge in [-0.15, -0.1) is 0 Å². The van der Waals surface area contributed by atoms with Crippen LogP contribution in [0.1, 0.15) is 89.4 Å². The van der Waals surface area contributed by atoms with Crippen LogP contribution >= 0.6 is 11.6 Å². The number of likely N-dealkylation sites (tertiary alicyclic amines) is 1. The van der Waals surface area contributed by atoms with Gasteiger partial charge in [0.05, 0.1) is 11.3 Å². The predicted molar refractivity (Wildman–Crippen MR) is 128 cm³/mol. The van der Waals surface area contributed by atoms with Crippen LogP contribution in [0, 0.1) is 0 Å². The van der Waals surface area contributed by atoms with Crippen molar-refractivity contribution >= 4 is 23.3 Å². The third-order valence-corrected chi connectivity index (χ3v) is 8.14. The van der Waals surface area contributed by atoms with Gasteiger partial charge >= 0.3 is 5.97 Å². The van der Waals surface area contributed by atoms with Gasteiger partial charge in [0.1, 0.15) is 5.60 Å². The minimum absolute atomic E-state index is 0.227. The van der Waals surface area contributed by atoms with Gasteiger partial charge in [-0.3, -0.25) is 4.90 Å². The maximum Gasteiger partial charge on any atom is 0.335 e. The molecule has 2 saturated carbocycles. The van der Waals surface area contributed by atoms with Crippen molar-refractivity contribution in [3.05, 3.63) is 69.2 Å². The molecule has 2 aromatic rings. The van der Waals surface area contributed by atoms with E-state index in [1.165, 1.54) is 42.4 Å². The van der Waals surface area contributed by atoms with E-state index in [4.69, 9.17) is 21.5 Å². The van der Waals surface area contributed by atoms with Crippen molar-refractivity contribution in [3.63, 3.8) is 0 Å². The van der Waals surface area contributed by atoms with Crippen molar-refractivity contribution in [2.24, 2.45) is 5.16 Å². The Morgan fingerprint density at radius 3 is 2.21 bits per heavy atom. The summed E-state index contributed by atoms with van der Waals surface area (Å²) < 4.78 is 0. The van der Waals surface area contributed by atoms with Crippen molar-refractivity contribution in [1.29, 1.82) is 0 Å². The van der Waals surface area contributed by atoms with Crippen LogP contribution < -0.4 is 0 Å². The molecule has 0 aromatic heterocycles. The van der Waals surface area contributed by atoms with Crippen LogP contribution in [0.15, 0.2) is 41.6 Å². The van der Waals surface area contributed by atoms with Crippen LogP contribution in [0.3, 0.4) is 0 Å². The molecule has 1 saturated heterocycles. The fourth-order valence-electron chi connectivity index (χ4n) is 5.34. The van der Waals surface area contributed by atoms with Crippen molar-refractivity contribution in [2.45, 2.75) is 68.9 Å². The number of hydrogen-bond donors (Lipinski definition) is 1. The molecule has 2 aliphatic carbocycles. The Kier molecular flexibility index (Phi) is 5.22. The highest BCUT2D eigenvalue weighted by molar-refractivity contribution is 6.32. The molecule has 2 aliphatic heterocycles. The van der Waals surface area contributed by atoms with Crippen LogP contribution in [0.25, 0.3) is 0 Å². The van der Waals surface area contributed by atoms with Crippen molar-refractivity contribution in [1.82, 2.24) is 4.90 Å². The van der Waals surface area contributed by atoms with Crippen LogP contribution in [0.5, 0.6) is 0 Å². The van der Waals surface area contributed by atoms with E-state index in [9.17, 15) is 4.79 Å². The summed E-state index contributed by atoms with van der Waals surface area (Å²) in [5.74, 6) is 0.433. The van der Waals surface area contributed by atoms with E-state index in [1.807, 2.05) is 12.1 Å². The topological polar surface area (TPSA) is 62.1 Å². The number of halogens is 1. The average molecular weight is 465 g/mol. The SMILES string of the molecule is O=C(O)c1ccc(C2=NOC3(CCN(Cc4cc(C5CC5)c(Cl)c(C5CC5)c4)CC3)C2)cc1. The van der Waals surface area contributed by atoms with Gasteiger partial charge in [-0.25, -0.2) is 4.79 Å². The summed E-state index contributed by atoms with van der Waals surface area (Å²) in [5.41, 5.74) is 6.10. The Labute approximate surface area is 199 Å². The first-order valence-corrected chi connectivity index (χ1v) is 12.5. The second kappa shape index (κ2) is 8.14. The third-order valence-electron chi connectivity index (χ3n) is 7.70. The summed E-state index contributed by atoms with van der Waals surface area (Å²) in [5, 5.41) is 14.5. The summed E-state index contributed by atoms with van der Waals surface area (Å²) in [7, 11) is 0. The fourth-order valence-corrected chi connectivity index (χ4v) is 5.75. The summed E-state index contributed by atoms with van der Waals surface area (Å²) in [4.78, 5) is 19.6. The summed E-state index contributed by atoms with van der Waals surface area (Å²) in [6.45, 7) is 2.94. The van der Waals surface area contributed by atoms with E-state index >= 15 is 0 Å².